The highest BCUT2D eigenvalue weighted by Gasteiger charge is 2.41. The molecule has 1 unspecified atom stereocenters. The average Bonchev–Trinajstić information content (AvgIpc) is 2.53. The molecule has 134 valence electrons. The Kier molecular flexibility index (Phi) is 8.76. The van der Waals surface area contributed by atoms with E-state index in [4.69, 9.17) is 4.74 Å². The lowest BCUT2D eigenvalue weighted by Gasteiger charge is -2.38. The standard InChI is InChI=1S/C21H34O2Si/c1-17(2)24(18(3)4,19(5)6)15-13-21(12-14-22)23-16-20-10-8-7-9-11-20/h7-11,17-19,21-22H,12,14,16H2,1-6H3. The van der Waals surface area contributed by atoms with Gasteiger partial charge in [-0.2, -0.15) is 0 Å². The van der Waals surface area contributed by atoms with Crippen LogP contribution in [0.25, 0.3) is 0 Å². The molecule has 0 aliphatic rings. The number of rotatable bonds is 8. The van der Waals surface area contributed by atoms with Crippen LogP contribution in [0.1, 0.15) is 53.5 Å². The van der Waals surface area contributed by atoms with E-state index in [-0.39, 0.29) is 12.7 Å². The van der Waals surface area contributed by atoms with Gasteiger partial charge >= 0.3 is 0 Å². The maximum Gasteiger partial charge on any atom is 0.146 e. The molecule has 1 N–H and O–H groups in total. The summed E-state index contributed by atoms with van der Waals surface area (Å²) in [6.07, 6.45) is 0.372. The molecule has 0 aliphatic carbocycles. The fraction of sp³-hybridized carbons (Fsp3) is 0.619. The van der Waals surface area contributed by atoms with Gasteiger partial charge in [0, 0.05) is 13.0 Å². The van der Waals surface area contributed by atoms with Crippen LogP contribution in [-0.4, -0.2) is 25.9 Å². The van der Waals surface area contributed by atoms with E-state index in [2.05, 4.69) is 65.1 Å². The van der Waals surface area contributed by atoms with Gasteiger partial charge in [0.25, 0.3) is 0 Å². The normalized spacial score (nSPS) is 13.2. The van der Waals surface area contributed by atoms with E-state index in [0.717, 1.165) is 5.56 Å². The maximum atomic E-state index is 9.35. The number of aliphatic hydroxyl groups excluding tert-OH is 1. The summed E-state index contributed by atoms with van der Waals surface area (Å²) in [5, 5.41) is 9.35. The minimum atomic E-state index is -1.75. The van der Waals surface area contributed by atoms with Gasteiger partial charge in [0.2, 0.25) is 0 Å². The van der Waals surface area contributed by atoms with Gasteiger partial charge in [0.1, 0.15) is 14.2 Å². The second kappa shape index (κ2) is 10.0. The van der Waals surface area contributed by atoms with Crippen molar-refractivity contribution in [2.45, 2.75) is 77.3 Å². The first-order valence-corrected chi connectivity index (χ1v) is 11.4. The second-order valence-electron chi connectivity index (χ2n) is 7.46. The van der Waals surface area contributed by atoms with Crippen LogP contribution in [0.4, 0.5) is 0 Å². The van der Waals surface area contributed by atoms with Crippen molar-refractivity contribution in [1.29, 1.82) is 0 Å². The molecule has 24 heavy (non-hydrogen) atoms. The zero-order valence-electron chi connectivity index (χ0n) is 16.2. The number of aliphatic hydroxyl groups is 1. The van der Waals surface area contributed by atoms with Crippen molar-refractivity contribution < 1.29 is 9.84 Å². The zero-order valence-corrected chi connectivity index (χ0v) is 17.2. The van der Waals surface area contributed by atoms with E-state index in [1.54, 1.807) is 0 Å². The van der Waals surface area contributed by atoms with E-state index in [9.17, 15) is 5.11 Å². The Hall–Kier alpha value is -1.08. The number of hydrogen-bond donors (Lipinski definition) is 1. The Morgan fingerprint density at radius 2 is 1.50 bits per heavy atom. The summed E-state index contributed by atoms with van der Waals surface area (Å²) < 4.78 is 5.99. The summed E-state index contributed by atoms with van der Waals surface area (Å²) in [6, 6.07) is 10.1. The molecule has 1 rings (SSSR count). The van der Waals surface area contributed by atoms with Crippen molar-refractivity contribution in [3.8, 4) is 11.5 Å². The molecule has 0 radical (unpaired) electrons. The van der Waals surface area contributed by atoms with Crippen LogP contribution in [0.2, 0.25) is 16.6 Å². The minimum absolute atomic E-state index is 0.105. The average molecular weight is 347 g/mol. The Morgan fingerprint density at radius 1 is 0.958 bits per heavy atom. The lowest BCUT2D eigenvalue weighted by molar-refractivity contribution is 0.0603. The molecule has 2 nitrogen and oxygen atoms in total. The molecule has 1 aromatic carbocycles. The first kappa shape index (κ1) is 21.0. The second-order valence-corrected chi connectivity index (χ2v) is 13.0. The number of hydrogen-bond acceptors (Lipinski definition) is 2. The summed E-state index contributed by atoms with van der Waals surface area (Å²) >= 11 is 0. The van der Waals surface area contributed by atoms with E-state index >= 15 is 0 Å². The molecule has 0 saturated carbocycles. The fourth-order valence-electron chi connectivity index (χ4n) is 3.72. The SMILES string of the molecule is CC(C)[Si](C#CC(CCO)OCc1ccccc1)(C(C)C)C(C)C. The summed E-state index contributed by atoms with van der Waals surface area (Å²) in [4.78, 5) is 0. The molecule has 0 spiro atoms. The van der Waals surface area contributed by atoms with Gasteiger partial charge in [0.15, 0.2) is 0 Å². The largest absolute Gasteiger partial charge is 0.396 e. The summed E-state index contributed by atoms with van der Waals surface area (Å²) in [5.74, 6) is 3.41. The van der Waals surface area contributed by atoms with Gasteiger partial charge in [-0.1, -0.05) is 77.8 Å². The Balaban J connectivity index is 2.95. The molecule has 0 aliphatic heterocycles. The molecule has 0 saturated heterocycles. The zero-order chi connectivity index (χ0) is 18.2. The van der Waals surface area contributed by atoms with Gasteiger partial charge in [-0.3, -0.25) is 0 Å². The molecular weight excluding hydrogens is 312 g/mol. The van der Waals surface area contributed by atoms with Crippen molar-refractivity contribution in [3.63, 3.8) is 0 Å². The predicted molar refractivity (Wildman–Crippen MR) is 106 cm³/mol. The molecule has 0 bridgehead atoms. The maximum absolute atomic E-state index is 9.35. The van der Waals surface area contributed by atoms with Crippen LogP contribution in [-0.2, 0) is 11.3 Å². The summed E-state index contributed by atoms with van der Waals surface area (Å²) in [7, 11) is -1.75. The number of ether oxygens (including phenoxy) is 1. The van der Waals surface area contributed by atoms with Gasteiger partial charge in [-0.15, -0.1) is 5.54 Å². The van der Waals surface area contributed by atoms with Crippen molar-refractivity contribution >= 4 is 8.07 Å². The highest BCUT2D eigenvalue weighted by Crippen LogP contribution is 2.40. The number of benzene rings is 1. The van der Waals surface area contributed by atoms with Gasteiger partial charge in [0.05, 0.1) is 6.61 Å². The Bertz CT molecular complexity index is 504. The van der Waals surface area contributed by atoms with Gasteiger partial charge in [-0.05, 0) is 22.2 Å². The smallest absolute Gasteiger partial charge is 0.146 e. The van der Waals surface area contributed by atoms with Crippen LogP contribution in [0.5, 0.6) is 0 Å². The van der Waals surface area contributed by atoms with Gasteiger partial charge < -0.3 is 9.84 Å². The fourth-order valence-corrected chi connectivity index (χ4v) is 9.00. The highest BCUT2D eigenvalue weighted by atomic mass is 28.3. The third-order valence-corrected chi connectivity index (χ3v) is 11.3. The first-order valence-electron chi connectivity index (χ1n) is 9.13. The third kappa shape index (κ3) is 5.48. The lowest BCUT2D eigenvalue weighted by atomic mass is 10.2. The quantitative estimate of drug-likeness (QED) is 0.519. The third-order valence-electron chi connectivity index (χ3n) is 5.00. The van der Waals surface area contributed by atoms with E-state index in [1.165, 1.54) is 0 Å². The molecule has 0 heterocycles. The van der Waals surface area contributed by atoms with Crippen LogP contribution < -0.4 is 0 Å². The van der Waals surface area contributed by atoms with Crippen LogP contribution in [0, 0.1) is 11.5 Å². The molecule has 0 fully saturated rings. The lowest BCUT2D eigenvalue weighted by Crippen LogP contribution is -2.43. The van der Waals surface area contributed by atoms with Crippen molar-refractivity contribution in [2.75, 3.05) is 6.61 Å². The summed E-state index contributed by atoms with van der Waals surface area (Å²) in [6.45, 7) is 14.5. The topological polar surface area (TPSA) is 29.5 Å². The molecule has 1 aromatic rings. The predicted octanol–water partition coefficient (Wildman–Crippen LogP) is 5.18. The van der Waals surface area contributed by atoms with E-state index in [1.807, 2.05) is 18.2 Å². The van der Waals surface area contributed by atoms with Gasteiger partial charge in [-0.25, -0.2) is 0 Å². The highest BCUT2D eigenvalue weighted by molar-refractivity contribution is 6.90. The van der Waals surface area contributed by atoms with Crippen LogP contribution >= 0.6 is 0 Å². The molecule has 3 heteroatoms. The van der Waals surface area contributed by atoms with E-state index < -0.39 is 8.07 Å². The van der Waals surface area contributed by atoms with Crippen molar-refractivity contribution in [3.05, 3.63) is 35.9 Å². The first-order chi connectivity index (χ1) is 11.3. The van der Waals surface area contributed by atoms with Crippen LogP contribution in [0.15, 0.2) is 30.3 Å². The van der Waals surface area contributed by atoms with Crippen molar-refractivity contribution in [2.24, 2.45) is 0 Å². The Labute approximate surface area is 149 Å². The Morgan fingerprint density at radius 3 is 1.96 bits per heavy atom. The van der Waals surface area contributed by atoms with Crippen LogP contribution in [0.3, 0.4) is 0 Å². The molecule has 0 amide bonds. The molecular formula is C21H34O2Si. The monoisotopic (exact) mass is 346 g/mol. The minimum Gasteiger partial charge on any atom is -0.396 e. The van der Waals surface area contributed by atoms with Crippen molar-refractivity contribution in [1.82, 2.24) is 0 Å². The molecule has 1 atom stereocenters. The molecule has 0 aromatic heterocycles. The van der Waals surface area contributed by atoms with E-state index in [0.29, 0.717) is 29.7 Å². The summed E-state index contributed by atoms with van der Waals surface area (Å²) in [5.41, 5.74) is 6.66.